The third-order valence-corrected chi connectivity index (χ3v) is 5.70. The van der Waals surface area contributed by atoms with Crippen molar-refractivity contribution in [3.8, 4) is 0 Å². The molecule has 2 amide bonds. The SMILES string of the molecule is Cc1ccc(NC(=O)CS[C@H](C)C(=O)OCC(=O)Nc2cccc3nsnc23)cc1. The second-order valence-electron chi connectivity index (χ2n) is 6.46. The van der Waals surface area contributed by atoms with E-state index in [1.54, 1.807) is 25.1 Å². The third-order valence-electron chi connectivity index (χ3n) is 4.04. The van der Waals surface area contributed by atoms with Crippen LogP contribution in [0.2, 0.25) is 0 Å². The molecule has 30 heavy (non-hydrogen) atoms. The number of rotatable bonds is 8. The van der Waals surface area contributed by atoms with E-state index in [0.29, 0.717) is 22.4 Å². The van der Waals surface area contributed by atoms with Gasteiger partial charge in [-0.3, -0.25) is 14.4 Å². The lowest BCUT2D eigenvalue weighted by atomic mass is 10.2. The lowest BCUT2D eigenvalue weighted by Crippen LogP contribution is -2.26. The summed E-state index contributed by atoms with van der Waals surface area (Å²) in [5, 5.41) is 4.84. The van der Waals surface area contributed by atoms with E-state index in [2.05, 4.69) is 19.4 Å². The summed E-state index contributed by atoms with van der Waals surface area (Å²) < 4.78 is 13.3. The molecule has 1 aromatic heterocycles. The second kappa shape index (κ2) is 10.2. The Bertz CT molecular complexity index is 1050. The average molecular weight is 445 g/mol. The van der Waals surface area contributed by atoms with E-state index < -0.39 is 23.7 Å². The number of aryl methyl sites for hydroxylation is 1. The van der Waals surface area contributed by atoms with Gasteiger partial charge in [0.05, 0.1) is 23.2 Å². The molecule has 0 aliphatic rings. The number of ether oxygens (including phenoxy) is 1. The van der Waals surface area contributed by atoms with E-state index in [4.69, 9.17) is 4.74 Å². The molecule has 0 radical (unpaired) electrons. The van der Waals surface area contributed by atoms with Gasteiger partial charge in [0, 0.05) is 5.69 Å². The Labute approximate surface area is 181 Å². The van der Waals surface area contributed by atoms with Gasteiger partial charge in [-0.2, -0.15) is 8.75 Å². The fraction of sp³-hybridized carbons (Fsp3) is 0.250. The van der Waals surface area contributed by atoms with Gasteiger partial charge >= 0.3 is 5.97 Å². The minimum absolute atomic E-state index is 0.0924. The zero-order valence-electron chi connectivity index (χ0n) is 16.4. The molecule has 156 valence electrons. The monoisotopic (exact) mass is 444 g/mol. The summed E-state index contributed by atoms with van der Waals surface area (Å²) in [5.74, 6) is -1.16. The van der Waals surface area contributed by atoms with Gasteiger partial charge in [-0.1, -0.05) is 23.8 Å². The predicted molar refractivity (Wildman–Crippen MR) is 119 cm³/mol. The average Bonchev–Trinajstić information content (AvgIpc) is 3.22. The summed E-state index contributed by atoms with van der Waals surface area (Å²) in [6.45, 7) is 3.17. The number of hydrogen-bond donors (Lipinski definition) is 2. The number of amides is 2. The number of nitrogens with one attached hydrogen (secondary N) is 2. The number of nitrogens with zero attached hydrogens (tertiary/aromatic N) is 2. The van der Waals surface area contributed by atoms with Crippen molar-refractivity contribution in [1.82, 2.24) is 8.75 Å². The molecule has 0 aliphatic heterocycles. The van der Waals surface area contributed by atoms with Gasteiger partial charge in [-0.15, -0.1) is 11.8 Å². The van der Waals surface area contributed by atoms with Crippen molar-refractivity contribution in [2.24, 2.45) is 0 Å². The molecule has 1 atom stereocenters. The minimum Gasteiger partial charge on any atom is -0.455 e. The van der Waals surface area contributed by atoms with E-state index in [-0.39, 0.29) is 11.7 Å². The van der Waals surface area contributed by atoms with Crippen molar-refractivity contribution >= 4 is 63.7 Å². The fourth-order valence-electron chi connectivity index (χ4n) is 2.45. The zero-order chi connectivity index (χ0) is 21.5. The summed E-state index contributed by atoms with van der Waals surface area (Å²) in [6, 6.07) is 12.7. The molecule has 0 saturated heterocycles. The standard InChI is InChI=1S/C20H20N4O4S2/c1-12-6-8-14(9-7-12)21-18(26)11-29-13(2)20(27)28-10-17(25)22-15-4-3-5-16-19(15)24-30-23-16/h3-9,13H,10-11H2,1-2H3,(H,21,26)(H,22,25)/t13-/m1/s1. The number of fused-ring (bicyclic) bond motifs is 1. The number of carbonyl (C=O) groups excluding carboxylic acids is 3. The maximum Gasteiger partial charge on any atom is 0.319 e. The maximum absolute atomic E-state index is 12.1. The van der Waals surface area contributed by atoms with Crippen LogP contribution in [-0.4, -0.2) is 44.1 Å². The Morgan fingerprint density at radius 2 is 1.83 bits per heavy atom. The highest BCUT2D eigenvalue weighted by atomic mass is 32.2. The van der Waals surface area contributed by atoms with Crippen molar-refractivity contribution in [1.29, 1.82) is 0 Å². The van der Waals surface area contributed by atoms with Gasteiger partial charge in [0.2, 0.25) is 5.91 Å². The summed E-state index contributed by atoms with van der Waals surface area (Å²) in [7, 11) is 0. The van der Waals surface area contributed by atoms with Crippen LogP contribution in [0.4, 0.5) is 11.4 Å². The van der Waals surface area contributed by atoms with Crippen LogP contribution in [0.3, 0.4) is 0 Å². The van der Waals surface area contributed by atoms with E-state index in [1.165, 1.54) is 0 Å². The summed E-state index contributed by atoms with van der Waals surface area (Å²) in [6.07, 6.45) is 0. The maximum atomic E-state index is 12.1. The number of aromatic nitrogens is 2. The van der Waals surface area contributed by atoms with Gasteiger partial charge in [0.1, 0.15) is 16.3 Å². The smallest absolute Gasteiger partial charge is 0.319 e. The Morgan fingerprint density at radius 3 is 2.60 bits per heavy atom. The van der Waals surface area contributed by atoms with E-state index in [1.807, 2.05) is 31.2 Å². The Morgan fingerprint density at radius 1 is 1.07 bits per heavy atom. The van der Waals surface area contributed by atoms with Crippen molar-refractivity contribution in [3.63, 3.8) is 0 Å². The Kier molecular flexibility index (Phi) is 7.36. The van der Waals surface area contributed by atoms with Crippen LogP contribution in [0, 0.1) is 6.92 Å². The first-order chi connectivity index (χ1) is 14.4. The largest absolute Gasteiger partial charge is 0.455 e. The van der Waals surface area contributed by atoms with Crippen LogP contribution in [0.25, 0.3) is 11.0 Å². The molecule has 0 fully saturated rings. The minimum atomic E-state index is -0.590. The first-order valence-electron chi connectivity index (χ1n) is 9.08. The van der Waals surface area contributed by atoms with Crippen LogP contribution in [0.15, 0.2) is 42.5 Å². The second-order valence-corrected chi connectivity index (χ2v) is 8.32. The highest BCUT2D eigenvalue weighted by Crippen LogP contribution is 2.21. The molecule has 0 unspecified atom stereocenters. The lowest BCUT2D eigenvalue weighted by molar-refractivity contribution is -0.146. The Hall–Kier alpha value is -2.98. The molecule has 3 rings (SSSR count). The molecule has 0 spiro atoms. The molecule has 1 heterocycles. The number of thioether (sulfide) groups is 1. The quantitative estimate of drug-likeness (QED) is 0.513. The van der Waals surface area contributed by atoms with Crippen LogP contribution in [0.1, 0.15) is 12.5 Å². The molecule has 8 nitrogen and oxygen atoms in total. The predicted octanol–water partition coefficient (Wildman–Crippen LogP) is 3.24. The van der Waals surface area contributed by atoms with Gasteiger partial charge in [-0.25, -0.2) is 0 Å². The molecular weight excluding hydrogens is 424 g/mol. The van der Waals surface area contributed by atoms with Crippen molar-refractivity contribution in [2.45, 2.75) is 19.1 Å². The number of carbonyl (C=O) groups is 3. The molecule has 0 aliphatic carbocycles. The molecular formula is C20H20N4O4S2. The molecule has 0 saturated carbocycles. The highest BCUT2D eigenvalue weighted by molar-refractivity contribution is 8.01. The van der Waals surface area contributed by atoms with Crippen molar-refractivity contribution < 1.29 is 19.1 Å². The topological polar surface area (TPSA) is 110 Å². The first kappa shape index (κ1) is 21.7. The fourth-order valence-corrected chi connectivity index (χ4v) is 3.68. The molecule has 2 aromatic carbocycles. The van der Waals surface area contributed by atoms with Gasteiger partial charge in [-0.05, 0) is 38.1 Å². The lowest BCUT2D eigenvalue weighted by Gasteiger charge is -2.12. The number of hydrogen-bond acceptors (Lipinski definition) is 8. The molecule has 2 N–H and O–H groups in total. The van der Waals surface area contributed by atoms with Crippen LogP contribution < -0.4 is 10.6 Å². The summed E-state index contributed by atoms with van der Waals surface area (Å²) in [5.41, 5.74) is 3.58. The van der Waals surface area contributed by atoms with E-state index in [0.717, 1.165) is 29.1 Å². The number of anilines is 2. The molecule has 0 bridgehead atoms. The highest BCUT2D eigenvalue weighted by Gasteiger charge is 2.18. The molecule has 3 aromatic rings. The number of esters is 1. The normalized spacial score (nSPS) is 11.7. The first-order valence-corrected chi connectivity index (χ1v) is 10.9. The van der Waals surface area contributed by atoms with Crippen molar-refractivity contribution in [2.75, 3.05) is 23.0 Å². The Balaban J connectivity index is 1.40. The van der Waals surface area contributed by atoms with Gasteiger partial charge in [0.15, 0.2) is 6.61 Å². The van der Waals surface area contributed by atoms with E-state index >= 15 is 0 Å². The third kappa shape index (κ3) is 6.01. The van der Waals surface area contributed by atoms with Crippen LogP contribution >= 0.6 is 23.5 Å². The van der Waals surface area contributed by atoms with E-state index in [9.17, 15) is 14.4 Å². The number of benzene rings is 2. The van der Waals surface area contributed by atoms with Gasteiger partial charge in [0.25, 0.3) is 5.91 Å². The van der Waals surface area contributed by atoms with Crippen LogP contribution in [0.5, 0.6) is 0 Å². The summed E-state index contributed by atoms with van der Waals surface area (Å²) in [4.78, 5) is 36.2. The van der Waals surface area contributed by atoms with Gasteiger partial charge < -0.3 is 15.4 Å². The van der Waals surface area contributed by atoms with Crippen LogP contribution in [-0.2, 0) is 19.1 Å². The summed E-state index contributed by atoms with van der Waals surface area (Å²) >= 11 is 2.19. The zero-order valence-corrected chi connectivity index (χ0v) is 18.0. The molecule has 10 heteroatoms. The van der Waals surface area contributed by atoms with Crippen molar-refractivity contribution in [3.05, 3.63) is 48.0 Å².